The summed E-state index contributed by atoms with van der Waals surface area (Å²) in [5, 5.41) is 5.20. The van der Waals surface area contributed by atoms with E-state index in [4.69, 9.17) is 0 Å². The van der Waals surface area contributed by atoms with Crippen molar-refractivity contribution in [1.82, 2.24) is 9.62 Å². The maximum atomic E-state index is 12.2. The predicted octanol–water partition coefficient (Wildman–Crippen LogP) is 2.46. The van der Waals surface area contributed by atoms with Crippen molar-refractivity contribution in [1.29, 1.82) is 0 Å². The van der Waals surface area contributed by atoms with Crippen LogP contribution in [0.4, 0.5) is 0 Å². The standard InChI is InChI=1S/C13H24N2O2S2/c1-4-8-14-9-6-11-19(16,17)15(3)12(2)13-7-5-10-18-13/h5,7,10,12,14H,4,6,8-9,11H2,1-3H3. The second-order valence-corrected chi connectivity index (χ2v) is 7.75. The van der Waals surface area contributed by atoms with Crippen LogP contribution in [0.25, 0.3) is 0 Å². The summed E-state index contributed by atoms with van der Waals surface area (Å²) < 4.78 is 25.9. The van der Waals surface area contributed by atoms with Gasteiger partial charge in [-0.15, -0.1) is 11.3 Å². The van der Waals surface area contributed by atoms with Crippen LogP contribution in [0.2, 0.25) is 0 Å². The summed E-state index contributed by atoms with van der Waals surface area (Å²) >= 11 is 1.59. The lowest BCUT2D eigenvalue weighted by Crippen LogP contribution is -2.32. The molecule has 0 aliphatic carbocycles. The quantitative estimate of drug-likeness (QED) is 0.713. The predicted molar refractivity (Wildman–Crippen MR) is 82.1 cm³/mol. The van der Waals surface area contributed by atoms with E-state index >= 15 is 0 Å². The third-order valence-corrected chi connectivity index (χ3v) is 6.16. The number of nitrogens with one attached hydrogen (secondary N) is 1. The molecule has 1 N–H and O–H groups in total. The molecule has 4 nitrogen and oxygen atoms in total. The summed E-state index contributed by atoms with van der Waals surface area (Å²) in [7, 11) is -1.51. The SMILES string of the molecule is CCCNCCCS(=O)(=O)N(C)C(C)c1cccs1. The molecule has 0 aliphatic heterocycles. The van der Waals surface area contributed by atoms with Crippen LogP contribution in [0, 0.1) is 0 Å². The molecule has 6 heteroatoms. The van der Waals surface area contributed by atoms with Crippen molar-refractivity contribution in [2.45, 2.75) is 32.7 Å². The molecule has 0 fully saturated rings. The van der Waals surface area contributed by atoms with Crippen LogP contribution in [0.1, 0.15) is 37.6 Å². The Morgan fingerprint density at radius 2 is 2.16 bits per heavy atom. The summed E-state index contributed by atoms with van der Waals surface area (Å²) in [5.74, 6) is 0.204. The van der Waals surface area contributed by atoms with Gasteiger partial charge in [-0.3, -0.25) is 0 Å². The van der Waals surface area contributed by atoms with Crippen molar-refractivity contribution < 1.29 is 8.42 Å². The van der Waals surface area contributed by atoms with Gasteiger partial charge in [0.15, 0.2) is 0 Å². The fourth-order valence-electron chi connectivity index (χ4n) is 1.77. The highest BCUT2D eigenvalue weighted by Gasteiger charge is 2.24. The lowest BCUT2D eigenvalue weighted by Gasteiger charge is -2.23. The minimum absolute atomic E-state index is 0.0893. The Hall–Kier alpha value is -0.430. The monoisotopic (exact) mass is 304 g/mol. The lowest BCUT2D eigenvalue weighted by atomic mass is 10.3. The molecule has 0 aliphatic rings. The van der Waals surface area contributed by atoms with Gasteiger partial charge in [-0.1, -0.05) is 13.0 Å². The molecule has 1 unspecified atom stereocenters. The van der Waals surface area contributed by atoms with E-state index in [0.29, 0.717) is 6.42 Å². The van der Waals surface area contributed by atoms with Gasteiger partial charge in [0.1, 0.15) is 0 Å². The molecule has 1 rings (SSSR count). The van der Waals surface area contributed by atoms with Crippen molar-refractivity contribution in [3.8, 4) is 0 Å². The minimum Gasteiger partial charge on any atom is -0.317 e. The Morgan fingerprint density at radius 1 is 1.42 bits per heavy atom. The Balaban J connectivity index is 2.47. The highest BCUT2D eigenvalue weighted by Crippen LogP contribution is 2.25. The van der Waals surface area contributed by atoms with Crippen molar-refractivity contribution in [2.24, 2.45) is 0 Å². The van der Waals surface area contributed by atoms with Gasteiger partial charge in [0.2, 0.25) is 10.0 Å². The van der Waals surface area contributed by atoms with Gasteiger partial charge in [0, 0.05) is 11.9 Å². The number of thiophene rings is 1. The van der Waals surface area contributed by atoms with Crippen LogP contribution < -0.4 is 5.32 Å². The number of hydrogen-bond acceptors (Lipinski definition) is 4. The van der Waals surface area contributed by atoms with E-state index in [2.05, 4.69) is 12.2 Å². The van der Waals surface area contributed by atoms with Crippen molar-refractivity contribution >= 4 is 21.4 Å². The molecule has 1 heterocycles. The zero-order valence-corrected chi connectivity index (χ0v) is 13.6. The van der Waals surface area contributed by atoms with Gasteiger partial charge in [-0.2, -0.15) is 4.31 Å². The zero-order chi connectivity index (χ0) is 14.3. The van der Waals surface area contributed by atoms with E-state index < -0.39 is 10.0 Å². The zero-order valence-electron chi connectivity index (χ0n) is 11.9. The van der Waals surface area contributed by atoms with Crippen LogP contribution >= 0.6 is 11.3 Å². The fraction of sp³-hybridized carbons (Fsp3) is 0.692. The van der Waals surface area contributed by atoms with Crippen LogP contribution in [-0.4, -0.2) is 38.6 Å². The highest BCUT2D eigenvalue weighted by atomic mass is 32.2. The minimum atomic E-state index is -3.17. The van der Waals surface area contributed by atoms with E-state index in [1.807, 2.05) is 24.4 Å². The molecule has 0 aromatic carbocycles. The van der Waals surface area contributed by atoms with Crippen LogP contribution in [-0.2, 0) is 10.0 Å². The van der Waals surface area contributed by atoms with Crippen LogP contribution in [0.5, 0.6) is 0 Å². The normalized spacial score (nSPS) is 13.9. The molecule has 19 heavy (non-hydrogen) atoms. The lowest BCUT2D eigenvalue weighted by molar-refractivity contribution is 0.402. The second-order valence-electron chi connectivity index (χ2n) is 4.63. The van der Waals surface area contributed by atoms with Crippen LogP contribution in [0.3, 0.4) is 0 Å². The smallest absolute Gasteiger partial charge is 0.214 e. The largest absolute Gasteiger partial charge is 0.317 e. The van der Waals surface area contributed by atoms with Gasteiger partial charge in [-0.25, -0.2) is 8.42 Å². The molecule has 0 spiro atoms. The second kappa shape index (κ2) is 7.99. The first-order valence-corrected chi connectivity index (χ1v) is 9.17. The molecule has 0 saturated heterocycles. The molecule has 0 bridgehead atoms. The molecule has 1 aromatic rings. The van der Waals surface area contributed by atoms with E-state index in [0.717, 1.165) is 24.4 Å². The molecule has 0 saturated carbocycles. The first-order valence-electron chi connectivity index (χ1n) is 6.69. The molecular weight excluding hydrogens is 280 g/mol. The van der Waals surface area contributed by atoms with Crippen LogP contribution in [0.15, 0.2) is 17.5 Å². The first kappa shape index (κ1) is 16.6. The van der Waals surface area contributed by atoms with E-state index in [-0.39, 0.29) is 11.8 Å². The number of hydrogen-bond donors (Lipinski definition) is 1. The average Bonchev–Trinajstić information content (AvgIpc) is 2.90. The number of nitrogens with zero attached hydrogens (tertiary/aromatic N) is 1. The Kier molecular flexibility index (Phi) is 6.99. The topological polar surface area (TPSA) is 49.4 Å². The number of sulfonamides is 1. The summed E-state index contributed by atoms with van der Waals surface area (Å²) in [6, 6.07) is 3.84. The van der Waals surface area contributed by atoms with E-state index in [1.165, 1.54) is 4.31 Å². The van der Waals surface area contributed by atoms with Gasteiger partial charge < -0.3 is 5.32 Å². The summed E-state index contributed by atoms with van der Waals surface area (Å²) in [6.45, 7) is 5.73. The van der Waals surface area contributed by atoms with Gasteiger partial charge in [-0.05, 0) is 44.3 Å². The van der Waals surface area contributed by atoms with Crippen molar-refractivity contribution in [3.63, 3.8) is 0 Å². The maximum absolute atomic E-state index is 12.2. The highest BCUT2D eigenvalue weighted by molar-refractivity contribution is 7.89. The van der Waals surface area contributed by atoms with Gasteiger partial charge >= 0.3 is 0 Å². The molecule has 1 aromatic heterocycles. The summed E-state index contributed by atoms with van der Waals surface area (Å²) in [6.07, 6.45) is 1.73. The molecular formula is C13H24N2O2S2. The van der Waals surface area contributed by atoms with Gasteiger partial charge in [0.05, 0.1) is 11.8 Å². The fourth-order valence-corrected chi connectivity index (χ4v) is 4.06. The Morgan fingerprint density at radius 3 is 2.74 bits per heavy atom. The Labute approximate surface area is 120 Å². The maximum Gasteiger partial charge on any atom is 0.214 e. The summed E-state index contributed by atoms with van der Waals surface area (Å²) in [4.78, 5) is 1.08. The van der Waals surface area contributed by atoms with Crippen molar-refractivity contribution in [3.05, 3.63) is 22.4 Å². The third-order valence-electron chi connectivity index (χ3n) is 3.12. The third kappa shape index (κ3) is 5.22. The van der Waals surface area contributed by atoms with Gasteiger partial charge in [0.25, 0.3) is 0 Å². The van der Waals surface area contributed by atoms with E-state index in [9.17, 15) is 8.42 Å². The first-order chi connectivity index (χ1) is 8.99. The Bertz CT molecular complexity index is 443. The molecule has 1 atom stereocenters. The van der Waals surface area contributed by atoms with E-state index in [1.54, 1.807) is 18.4 Å². The van der Waals surface area contributed by atoms with Crippen molar-refractivity contribution in [2.75, 3.05) is 25.9 Å². The average molecular weight is 304 g/mol. The molecule has 110 valence electrons. The molecule has 0 radical (unpaired) electrons. The number of rotatable bonds is 9. The molecule has 0 amide bonds. The summed E-state index contributed by atoms with van der Waals surface area (Å²) in [5.41, 5.74) is 0.